The lowest BCUT2D eigenvalue weighted by Crippen LogP contribution is -2.36. The van der Waals surface area contributed by atoms with Crippen LogP contribution in [0.4, 0.5) is 8.78 Å². The molecule has 182 valence electrons. The first-order valence-electron chi connectivity index (χ1n) is 12.5. The van der Waals surface area contributed by atoms with Gasteiger partial charge < -0.3 is 4.90 Å². The summed E-state index contributed by atoms with van der Waals surface area (Å²) >= 11 is 0. The molecule has 0 atom stereocenters. The van der Waals surface area contributed by atoms with Gasteiger partial charge in [0.15, 0.2) is 5.78 Å². The molecule has 4 nitrogen and oxygen atoms in total. The minimum atomic E-state index is -0.555. The molecule has 0 saturated carbocycles. The first-order chi connectivity index (χ1) is 16.4. The third-order valence-corrected chi connectivity index (χ3v) is 7.41. The molecule has 0 N–H and O–H groups in total. The monoisotopic (exact) mass is 468 g/mol. The van der Waals surface area contributed by atoms with Crippen LogP contribution in [0.1, 0.15) is 66.1 Å². The summed E-state index contributed by atoms with van der Waals surface area (Å²) in [5, 5.41) is 0. The third kappa shape index (κ3) is 6.29. The Hall–Kier alpha value is -2.60. The van der Waals surface area contributed by atoms with Crippen molar-refractivity contribution in [1.29, 1.82) is 0 Å². The number of rotatable bonds is 7. The zero-order valence-corrected chi connectivity index (χ0v) is 20.0. The number of likely N-dealkylation sites (tertiary alicyclic amines) is 1. The second-order valence-electron chi connectivity index (χ2n) is 9.76. The zero-order valence-electron chi connectivity index (χ0n) is 20.0. The van der Waals surface area contributed by atoms with Crippen LogP contribution in [0.15, 0.2) is 36.4 Å². The molecule has 34 heavy (non-hydrogen) atoms. The van der Waals surface area contributed by atoms with Crippen LogP contribution in [0.3, 0.4) is 0 Å². The van der Waals surface area contributed by atoms with E-state index in [0.29, 0.717) is 24.4 Å². The van der Waals surface area contributed by atoms with E-state index in [9.17, 15) is 18.4 Å². The maximum atomic E-state index is 14.1. The number of hydrogen-bond acceptors (Lipinski definition) is 3. The molecule has 2 aromatic rings. The van der Waals surface area contributed by atoms with E-state index in [0.717, 1.165) is 76.3 Å². The largest absolute Gasteiger partial charge is 0.343 e. The van der Waals surface area contributed by atoms with Crippen LogP contribution in [0.25, 0.3) is 0 Å². The van der Waals surface area contributed by atoms with Gasteiger partial charge in [-0.3, -0.25) is 14.5 Å². The van der Waals surface area contributed by atoms with Gasteiger partial charge in [0.05, 0.1) is 0 Å². The molecule has 2 aromatic carbocycles. The van der Waals surface area contributed by atoms with E-state index in [2.05, 4.69) is 11.0 Å². The molecule has 0 aromatic heterocycles. The van der Waals surface area contributed by atoms with E-state index in [-0.39, 0.29) is 11.7 Å². The van der Waals surface area contributed by atoms with E-state index in [1.807, 2.05) is 17.0 Å². The van der Waals surface area contributed by atoms with Crippen LogP contribution in [0.5, 0.6) is 0 Å². The molecule has 1 amide bonds. The zero-order chi connectivity index (χ0) is 24.1. The molecule has 2 heterocycles. The lowest BCUT2D eigenvalue weighted by Gasteiger charge is -2.31. The predicted octanol–water partition coefficient (Wildman–Crippen LogP) is 5.18. The Morgan fingerprint density at radius 3 is 2.38 bits per heavy atom. The van der Waals surface area contributed by atoms with Crippen molar-refractivity contribution in [3.05, 3.63) is 70.3 Å². The minimum Gasteiger partial charge on any atom is -0.343 e. The lowest BCUT2D eigenvalue weighted by atomic mass is 9.90. The highest BCUT2D eigenvalue weighted by Gasteiger charge is 2.21. The fraction of sp³-hybridized carbons (Fsp3) is 0.500. The summed E-state index contributed by atoms with van der Waals surface area (Å²) in [4.78, 5) is 28.4. The molecule has 1 fully saturated rings. The van der Waals surface area contributed by atoms with Gasteiger partial charge in [-0.05, 0) is 67.7 Å². The van der Waals surface area contributed by atoms with Crippen LogP contribution < -0.4 is 0 Å². The van der Waals surface area contributed by atoms with Gasteiger partial charge >= 0.3 is 0 Å². The molecule has 2 aliphatic heterocycles. The Bertz CT molecular complexity index is 1030. The Labute approximate surface area is 200 Å². The normalized spacial score (nSPS) is 17.3. The lowest BCUT2D eigenvalue weighted by molar-refractivity contribution is -0.130. The predicted molar refractivity (Wildman–Crippen MR) is 129 cm³/mol. The number of hydrogen-bond donors (Lipinski definition) is 0. The SMILES string of the molecule is CC(=O)N1CCC(CCCC(=O)c2ccc3c(c2)CCN(Cc2ccc(F)cc2F)CC3)CC1. The van der Waals surface area contributed by atoms with Crippen molar-refractivity contribution in [3.8, 4) is 0 Å². The van der Waals surface area contributed by atoms with Gasteiger partial charge in [0, 0.05) is 63.3 Å². The molecule has 0 aliphatic carbocycles. The number of piperidine rings is 1. The molecular formula is C28H34F2N2O2. The van der Waals surface area contributed by atoms with Crippen LogP contribution in [-0.2, 0) is 24.2 Å². The fourth-order valence-corrected chi connectivity index (χ4v) is 5.23. The average Bonchev–Trinajstić information content (AvgIpc) is 3.03. The highest BCUT2D eigenvalue weighted by atomic mass is 19.1. The molecule has 0 unspecified atom stereocenters. The molecule has 0 radical (unpaired) electrons. The van der Waals surface area contributed by atoms with Gasteiger partial charge in [-0.1, -0.05) is 18.2 Å². The van der Waals surface area contributed by atoms with E-state index in [4.69, 9.17) is 0 Å². The maximum Gasteiger partial charge on any atom is 0.219 e. The highest BCUT2D eigenvalue weighted by Crippen LogP contribution is 2.24. The second kappa shape index (κ2) is 11.2. The molecule has 1 saturated heterocycles. The molecule has 2 aliphatic rings. The number of amides is 1. The summed E-state index contributed by atoms with van der Waals surface area (Å²) in [7, 11) is 0. The smallest absolute Gasteiger partial charge is 0.219 e. The number of carbonyl (C=O) groups is 2. The minimum absolute atomic E-state index is 0.155. The summed E-state index contributed by atoms with van der Waals surface area (Å²) in [6.45, 7) is 5.34. The van der Waals surface area contributed by atoms with Crippen molar-refractivity contribution in [2.45, 2.75) is 58.4 Å². The van der Waals surface area contributed by atoms with Crippen LogP contribution >= 0.6 is 0 Å². The van der Waals surface area contributed by atoms with Crippen LogP contribution in [0.2, 0.25) is 0 Å². The van der Waals surface area contributed by atoms with Crippen LogP contribution in [0, 0.1) is 17.6 Å². The van der Waals surface area contributed by atoms with Gasteiger partial charge in [-0.25, -0.2) is 8.78 Å². The van der Waals surface area contributed by atoms with Crippen molar-refractivity contribution in [2.75, 3.05) is 26.2 Å². The van der Waals surface area contributed by atoms with Crippen LogP contribution in [-0.4, -0.2) is 47.7 Å². The Morgan fingerprint density at radius 1 is 0.941 bits per heavy atom. The van der Waals surface area contributed by atoms with E-state index >= 15 is 0 Å². The van der Waals surface area contributed by atoms with E-state index in [1.54, 1.807) is 6.92 Å². The summed E-state index contributed by atoms with van der Waals surface area (Å²) in [6.07, 6.45) is 6.21. The Morgan fingerprint density at radius 2 is 1.68 bits per heavy atom. The molecule has 6 heteroatoms. The van der Waals surface area contributed by atoms with Crippen molar-refractivity contribution in [3.63, 3.8) is 0 Å². The van der Waals surface area contributed by atoms with Gasteiger partial charge in [0.25, 0.3) is 0 Å². The molecular weight excluding hydrogens is 434 g/mol. The third-order valence-electron chi connectivity index (χ3n) is 7.41. The first kappa shape index (κ1) is 24.5. The summed E-state index contributed by atoms with van der Waals surface area (Å²) < 4.78 is 27.3. The number of nitrogens with zero attached hydrogens (tertiary/aromatic N) is 2. The first-order valence-corrected chi connectivity index (χ1v) is 12.5. The number of halogens is 2. The summed E-state index contributed by atoms with van der Waals surface area (Å²) in [6, 6.07) is 9.83. The average molecular weight is 469 g/mol. The molecule has 4 rings (SSSR count). The van der Waals surface area contributed by atoms with Gasteiger partial charge in [-0.15, -0.1) is 0 Å². The maximum absolute atomic E-state index is 14.1. The van der Waals surface area contributed by atoms with Gasteiger partial charge in [0.2, 0.25) is 5.91 Å². The number of ketones is 1. The summed E-state index contributed by atoms with van der Waals surface area (Å²) in [5.74, 6) is -0.104. The number of carbonyl (C=O) groups excluding carboxylic acids is 2. The van der Waals surface area contributed by atoms with Gasteiger partial charge in [0.1, 0.15) is 11.6 Å². The number of Topliss-reactive ketones (excluding diaryl/α,β-unsaturated/α-hetero) is 1. The topological polar surface area (TPSA) is 40.6 Å². The Kier molecular flexibility index (Phi) is 8.09. The fourth-order valence-electron chi connectivity index (χ4n) is 5.23. The molecule has 0 bridgehead atoms. The van der Waals surface area contributed by atoms with Crippen molar-refractivity contribution < 1.29 is 18.4 Å². The van der Waals surface area contributed by atoms with Crippen molar-refractivity contribution in [1.82, 2.24) is 9.80 Å². The van der Waals surface area contributed by atoms with Crippen molar-refractivity contribution in [2.24, 2.45) is 5.92 Å². The quantitative estimate of drug-likeness (QED) is 0.526. The number of fused-ring (bicyclic) bond motifs is 1. The van der Waals surface area contributed by atoms with E-state index < -0.39 is 11.6 Å². The second-order valence-corrected chi connectivity index (χ2v) is 9.76. The number of benzene rings is 2. The van der Waals surface area contributed by atoms with E-state index in [1.165, 1.54) is 23.3 Å². The highest BCUT2D eigenvalue weighted by molar-refractivity contribution is 5.96. The van der Waals surface area contributed by atoms with Crippen molar-refractivity contribution >= 4 is 11.7 Å². The van der Waals surface area contributed by atoms with Gasteiger partial charge in [-0.2, -0.15) is 0 Å². The Balaban J connectivity index is 1.27. The molecule has 0 spiro atoms. The summed E-state index contributed by atoms with van der Waals surface area (Å²) in [5.41, 5.74) is 3.73. The standard InChI is InChI=1S/C28H34F2N2O2/c1-20(33)32-15-9-21(10-16-32)3-2-4-28(34)24-6-5-22-11-13-31(14-12-23(22)17-24)19-25-7-8-26(29)18-27(25)30/h5-8,17-18,21H,2-4,9-16,19H2,1H3.